The Labute approximate surface area is 128 Å². The number of hydrogen-bond acceptors (Lipinski definition) is 2. The third kappa shape index (κ3) is 2.71. The summed E-state index contributed by atoms with van der Waals surface area (Å²) in [6.07, 6.45) is -3.45. The summed E-state index contributed by atoms with van der Waals surface area (Å²) in [6.45, 7) is 2.76. The van der Waals surface area contributed by atoms with Crippen LogP contribution in [0.15, 0.2) is 29.0 Å². The summed E-state index contributed by atoms with van der Waals surface area (Å²) < 4.78 is 40.2. The molecule has 0 amide bonds. The average Bonchev–Trinajstić information content (AvgIpc) is 2.80. The number of alkyl halides is 3. The van der Waals surface area contributed by atoms with Crippen molar-refractivity contribution in [1.82, 2.24) is 14.8 Å². The lowest BCUT2D eigenvalue weighted by Gasteiger charge is -2.29. The van der Waals surface area contributed by atoms with E-state index < -0.39 is 11.7 Å². The van der Waals surface area contributed by atoms with Crippen LogP contribution in [-0.2, 0) is 12.7 Å². The van der Waals surface area contributed by atoms with Crippen LogP contribution in [0.5, 0.6) is 0 Å². The van der Waals surface area contributed by atoms with Crippen molar-refractivity contribution >= 4 is 15.9 Å². The minimum absolute atomic E-state index is 0.120. The van der Waals surface area contributed by atoms with E-state index in [0.717, 1.165) is 36.5 Å². The molecule has 112 valence electrons. The van der Waals surface area contributed by atoms with Gasteiger partial charge in [-0.2, -0.15) is 13.2 Å². The van der Waals surface area contributed by atoms with E-state index >= 15 is 0 Å². The topological polar surface area (TPSA) is 30.7 Å². The first-order chi connectivity index (χ1) is 9.86. The maximum Gasteiger partial charge on any atom is 0.416 e. The lowest BCUT2D eigenvalue weighted by molar-refractivity contribution is -0.137. The van der Waals surface area contributed by atoms with Crippen LogP contribution in [-0.4, -0.2) is 14.8 Å². The molecular formula is C14H13BrF3N3. The largest absolute Gasteiger partial charge is 0.416 e. The number of nitrogens with zero attached hydrogens (tertiary/aromatic N) is 3. The Morgan fingerprint density at radius 3 is 2.52 bits per heavy atom. The van der Waals surface area contributed by atoms with E-state index in [9.17, 15) is 13.2 Å². The van der Waals surface area contributed by atoms with Gasteiger partial charge in [0.05, 0.1) is 5.56 Å². The lowest BCUT2D eigenvalue weighted by Crippen LogP contribution is -2.22. The quantitative estimate of drug-likeness (QED) is 0.757. The standard InChI is InChI=1S/C14H13BrF3N3/c1-8-11(6-7-21-12(8)19-13(15)20-21)9-2-4-10(5-3-9)14(16,17)18/h2-5,8,11H,6-7H2,1H3. The highest BCUT2D eigenvalue weighted by atomic mass is 79.9. The third-order valence-electron chi connectivity index (χ3n) is 4.00. The average molecular weight is 360 g/mol. The van der Waals surface area contributed by atoms with Gasteiger partial charge >= 0.3 is 6.18 Å². The summed E-state index contributed by atoms with van der Waals surface area (Å²) in [6, 6.07) is 5.45. The molecule has 2 aromatic rings. The Morgan fingerprint density at radius 2 is 1.90 bits per heavy atom. The Morgan fingerprint density at radius 1 is 1.24 bits per heavy atom. The highest BCUT2D eigenvalue weighted by Crippen LogP contribution is 2.39. The van der Waals surface area contributed by atoms with Crippen molar-refractivity contribution < 1.29 is 13.2 Å². The van der Waals surface area contributed by atoms with Gasteiger partial charge in [-0.05, 0) is 46.0 Å². The van der Waals surface area contributed by atoms with E-state index in [4.69, 9.17) is 0 Å². The SMILES string of the molecule is CC1c2nc(Br)nn2CCC1c1ccc(C(F)(F)F)cc1. The summed E-state index contributed by atoms with van der Waals surface area (Å²) in [5.41, 5.74) is 0.307. The van der Waals surface area contributed by atoms with Gasteiger partial charge in [0.1, 0.15) is 5.82 Å². The first-order valence-electron chi connectivity index (χ1n) is 6.63. The Balaban J connectivity index is 1.88. The molecule has 0 saturated carbocycles. The Hall–Kier alpha value is -1.37. The fourth-order valence-electron chi connectivity index (χ4n) is 2.89. The van der Waals surface area contributed by atoms with Crippen molar-refractivity contribution in [2.75, 3.05) is 0 Å². The van der Waals surface area contributed by atoms with Gasteiger partial charge in [0.15, 0.2) is 0 Å². The molecule has 21 heavy (non-hydrogen) atoms. The number of benzene rings is 1. The maximum atomic E-state index is 12.6. The highest BCUT2D eigenvalue weighted by Gasteiger charge is 2.33. The zero-order chi connectivity index (χ0) is 15.2. The molecule has 0 N–H and O–H groups in total. The van der Waals surface area contributed by atoms with Crippen molar-refractivity contribution in [3.05, 3.63) is 46.0 Å². The fourth-order valence-corrected chi connectivity index (χ4v) is 3.27. The summed E-state index contributed by atoms with van der Waals surface area (Å²) in [7, 11) is 0. The monoisotopic (exact) mass is 359 g/mol. The van der Waals surface area contributed by atoms with Gasteiger partial charge in [0, 0.05) is 12.5 Å². The molecule has 1 aromatic carbocycles. The van der Waals surface area contributed by atoms with Crippen LogP contribution in [0.2, 0.25) is 0 Å². The number of aryl methyl sites for hydroxylation is 1. The van der Waals surface area contributed by atoms with Gasteiger partial charge in [-0.3, -0.25) is 0 Å². The van der Waals surface area contributed by atoms with Crippen molar-refractivity contribution in [3.8, 4) is 0 Å². The molecular weight excluding hydrogens is 347 g/mol. The van der Waals surface area contributed by atoms with Crippen molar-refractivity contribution in [2.24, 2.45) is 0 Å². The number of rotatable bonds is 1. The number of halogens is 4. The number of hydrogen-bond donors (Lipinski definition) is 0. The van der Waals surface area contributed by atoms with E-state index in [-0.39, 0.29) is 11.8 Å². The molecule has 1 aromatic heterocycles. The molecule has 2 unspecified atom stereocenters. The summed E-state index contributed by atoms with van der Waals surface area (Å²) in [5, 5.41) is 4.25. The zero-order valence-electron chi connectivity index (χ0n) is 11.2. The minimum atomic E-state index is -4.29. The molecule has 0 aliphatic carbocycles. The number of fused-ring (bicyclic) bond motifs is 1. The molecule has 1 aliphatic rings. The van der Waals surface area contributed by atoms with Crippen LogP contribution in [0.4, 0.5) is 13.2 Å². The molecule has 3 rings (SSSR count). The second-order valence-electron chi connectivity index (χ2n) is 5.27. The Kier molecular flexibility index (Phi) is 3.55. The van der Waals surface area contributed by atoms with Crippen LogP contribution in [0.25, 0.3) is 0 Å². The summed E-state index contributed by atoms with van der Waals surface area (Å²) >= 11 is 3.26. The van der Waals surface area contributed by atoms with Gasteiger partial charge in [0.25, 0.3) is 0 Å². The van der Waals surface area contributed by atoms with Gasteiger partial charge in [-0.25, -0.2) is 9.67 Å². The van der Waals surface area contributed by atoms with Gasteiger partial charge < -0.3 is 0 Å². The minimum Gasteiger partial charge on any atom is -0.249 e. The molecule has 0 saturated heterocycles. The van der Waals surface area contributed by atoms with Crippen molar-refractivity contribution in [2.45, 2.75) is 37.9 Å². The number of aromatic nitrogens is 3. The lowest BCUT2D eigenvalue weighted by atomic mass is 9.82. The van der Waals surface area contributed by atoms with E-state index in [2.05, 4.69) is 26.0 Å². The van der Waals surface area contributed by atoms with E-state index in [1.807, 2.05) is 11.6 Å². The zero-order valence-corrected chi connectivity index (χ0v) is 12.8. The molecule has 2 heterocycles. The fraction of sp³-hybridized carbons (Fsp3) is 0.429. The molecule has 0 spiro atoms. The first-order valence-corrected chi connectivity index (χ1v) is 7.43. The summed E-state index contributed by atoms with van der Waals surface area (Å²) in [4.78, 5) is 4.35. The van der Waals surface area contributed by atoms with Crippen LogP contribution >= 0.6 is 15.9 Å². The van der Waals surface area contributed by atoms with Crippen LogP contribution in [0.1, 0.15) is 42.1 Å². The van der Waals surface area contributed by atoms with Crippen LogP contribution in [0, 0.1) is 0 Å². The van der Waals surface area contributed by atoms with Crippen molar-refractivity contribution in [3.63, 3.8) is 0 Å². The maximum absolute atomic E-state index is 12.6. The van der Waals surface area contributed by atoms with Gasteiger partial charge in [-0.1, -0.05) is 19.1 Å². The van der Waals surface area contributed by atoms with Crippen LogP contribution < -0.4 is 0 Å². The molecule has 2 atom stereocenters. The van der Waals surface area contributed by atoms with Crippen LogP contribution in [0.3, 0.4) is 0 Å². The Bertz CT molecular complexity index is 648. The molecule has 3 nitrogen and oxygen atoms in total. The van der Waals surface area contributed by atoms with E-state index in [0.29, 0.717) is 4.73 Å². The van der Waals surface area contributed by atoms with Gasteiger partial charge in [0.2, 0.25) is 4.73 Å². The molecule has 0 fully saturated rings. The highest BCUT2D eigenvalue weighted by molar-refractivity contribution is 9.10. The predicted molar refractivity (Wildman–Crippen MR) is 74.9 cm³/mol. The second-order valence-corrected chi connectivity index (χ2v) is 5.98. The summed E-state index contributed by atoms with van der Waals surface area (Å²) in [5.74, 6) is 1.16. The normalized spacial score (nSPS) is 22.1. The molecule has 1 aliphatic heterocycles. The smallest absolute Gasteiger partial charge is 0.249 e. The molecule has 0 radical (unpaired) electrons. The van der Waals surface area contributed by atoms with Crippen molar-refractivity contribution in [1.29, 1.82) is 0 Å². The van der Waals surface area contributed by atoms with Gasteiger partial charge in [-0.15, -0.1) is 5.10 Å². The van der Waals surface area contributed by atoms with E-state index in [1.54, 1.807) is 12.1 Å². The predicted octanol–water partition coefficient (Wildman–Crippen LogP) is 4.35. The molecule has 7 heteroatoms. The second kappa shape index (κ2) is 5.12. The van der Waals surface area contributed by atoms with E-state index in [1.165, 1.54) is 0 Å². The first kappa shape index (κ1) is 14.6. The molecule has 0 bridgehead atoms. The third-order valence-corrected chi connectivity index (χ3v) is 4.34.